The predicted octanol–water partition coefficient (Wildman–Crippen LogP) is 12.2. The number of hydrogen-bond acceptors (Lipinski definition) is 4. The molecule has 1 unspecified atom stereocenters. The fraction of sp³-hybridized carbons (Fsp3) is 0.0159. The number of benzene rings is 10. The fourth-order valence-corrected chi connectivity index (χ4v) is 15.6. The third-order valence-corrected chi connectivity index (χ3v) is 18.6. The van der Waals surface area contributed by atoms with Gasteiger partial charge in [0.1, 0.15) is 22.8 Å². The van der Waals surface area contributed by atoms with Crippen LogP contribution >= 0.6 is 0 Å². The van der Waals surface area contributed by atoms with Gasteiger partial charge in [0, 0.05) is 49.5 Å². The minimum absolute atomic E-state index is 0.567. The Morgan fingerprint density at radius 3 is 1.58 bits per heavy atom. The maximum Gasteiger partial charge on any atom is 0.179 e. The van der Waals surface area contributed by atoms with Crippen LogP contribution in [0.3, 0.4) is 0 Å². The topological polar surface area (TPSA) is 54.8 Å². The molecule has 0 saturated heterocycles. The number of amidine groups is 2. The molecule has 12 aromatic rings. The molecule has 13 rings (SSSR count). The summed E-state index contributed by atoms with van der Waals surface area (Å²) in [5.74, 6) is 1.49. The van der Waals surface area contributed by atoms with Crippen LogP contribution in [0, 0.1) is 0 Å². The Morgan fingerprint density at radius 1 is 0.391 bits per heavy atom. The number of nitrogens with one attached hydrogen (secondary N) is 1. The Hall–Kier alpha value is -8.84. The van der Waals surface area contributed by atoms with Gasteiger partial charge in [0.2, 0.25) is 0 Å². The summed E-state index contributed by atoms with van der Waals surface area (Å²) in [6.07, 6.45) is -0.567. The zero-order valence-corrected chi connectivity index (χ0v) is 38.6. The van der Waals surface area contributed by atoms with Crippen LogP contribution in [0.4, 0.5) is 0 Å². The van der Waals surface area contributed by atoms with Gasteiger partial charge in [-0.3, -0.25) is 0 Å². The molecule has 6 heteroatoms. The summed E-state index contributed by atoms with van der Waals surface area (Å²) in [6, 6.07) is 91.5. The second-order valence-electron chi connectivity index (χ2n) is 17.7. The highest BCUT2D eigenvalue weighted by molar-refractivity contribution is 7.19. The lowest BCUT2D eigenvalue weighted by atomic mass is 9.96. The number of fused-ring (bicyclic) bond motifs is 6. The second kappa shape index (κ2) is 16.8. The third kappa shape index (κ3) is 6.75. The number of aliphatic imine (C=N–C) groups is 2. The van der Waals surface area contributed by atoms with Crippen LogP contribution in [-0.2, 0) is 0 Å². The molecular weight excluding hydrogens is 857 g/mol. The van der Waals surface area contributed by atoms with Crippen molar-refractivity contribution in [3.63, 3.8) is 0 Å². The Labute approximate surface area is 401 Å². The van der Waals surface area contributed by atoms with E-state index in [0.717, 1.165) is 78.1 Å². The van der Waals surface area contributed by atoms with E-state index in [1.807, 2.05) is 12.1 Å². The van der Waals surface area contributed by atoms with Crippen LogP contribution in [-0.4, -0.2) is 24.3 Å². The highest BCUT2D eigenvalue weighted by Gasteiger charge is 2.41. The largest absolute Gasteiger partial charge is 0.455 e. The molecule has 1 N–H and O–H groups in total. The van der Waals surface area contributed by atoms with Crippen molar-refractivity contribution in [2.45, 2.75) is 6.17 Å². The highest BCUT2D eigenvalue weighted by atomic mass is 28.3. The molecule has 69 heavy (non-hydrogen) atoms. The van der Waals surface area contributed by atoms with Gasteiger partial charge in [-0.2, -0.15) is 0 Å². The molecule has 0 radical (unpaired) electrons. The summed E-state index contributed by atoms with van der Waals surface area (Å²) in [6.45, 7) is 0. The molecule has 5 nitrogen and oxygen atoms in total. The van der Waals surface area contributed by atoms with E-state index in [1.165, 1.54) is 31.5 Å². The number of para-hydroxylation sites is 4. The smallest absolute Gasteiger partial charge is 0.179 e. The minimum Gasteiger partial charge on any atom is -0.455 e. The summed E-state index contributed by atoms with van der Waals surface area (Å²) in [5, 5.41) is 13.7. The van der Waals surface area contributed by atoms with Crippen molar-refractivity contribution in [1.29, 1.82) is 0 Å². The van der Waals surface area contributed by atoms with Crippen LogP contribution in [0.5, 0.6) is 0 Å². The van der Waals surface area contributed by atoms with Gasteiger partial charge in [-0.05, 0) is 56.6 Å². The first-order valence-electron chi connectivity index (χ1n) is 23.5. The molecular formula is C63H44N4OSi. The maximum atomic E-state index is 6.64. The average molecular weight is 901 g/mol. The molecule has 3 heterocycles. The van der Waals surface area contributed by atoms with Gasteiger partial charge in [0.25, 0.3) is 0 Å². The molecule has 10 aromatic carbocycles. The van der Waals surface area contributed by atoms with E-state index in [9.17, 15) is 0 Å². The van der Waals surface area contributed by atoms with Crippen LogP contribution in [0.15, 0.2) is 269 Å². The number of furan rings is 1. The Kier molecular flexibility index (Phi) is 9.84. The van der Waals surface area contributed by atoms with Gasteiger partial charge in [0.15, 0.2) is 14.2 Å². The standard InChI is InChI=1S/C63H44N4OSi/c1-4-24-46(25-5-1)69(47-26-6-2-7-27-47,48-28-8-3-9-29-48)49-30-19-22-44(42-49)62-64-61(43-21-18-23-45(41-43)67-57-38-15-12-32-51(57)52-33-13-16-39-58(52)67)65-63(66-62)56-35-11-10-31-50(56)54-36-20-37-55-53-34-14-17-40-59(53)68-60(54)55/h1-42,61H,(H,64,65,66). The minimum atomic E-state index is -2.86. The van der Waals surface area contributed by atoms with Gasteiger partial charge in [-0.1, -0.05) is 224 Å². The molecule has 0 spiro atoms. The SMILES string of the molecule is c1ccc([Si](c2ccccc2)(c2ccccc2)c2cccc(C3=NC(c4cccc(-n5c6ccccc6c6ccccc65)c4)N=C(c4ccccc4-c4cccc5c4oc4ccccc45)N3)c2)cc1. The summed E-state index contributed by atoms with van der Waals surface area (Å²) < 4.78 is 9.00. The Bertz CT molecular complexity index is 3800. The average Bonchev–Trinajstić information content (AvgIpc) is 3.98. The normalized spacial score (nSPS) is 13.9. The van der Waals surface area contributed by atoms with E-state index in [4.69, 9.17) is 14.4 Å². The van der Waals surface area contributed by atoms with Crippen molar-refractivity contribution in [3.8, 4) is 16.8 Å². The van der Waals surface area contributed by atoms with Gasteiger partial charge < -0.3 is 14.3 Å². The first-order valence-corrected chi connectivity index (χ1v) is 25.5. The van der Waals surface area contributed by atoms with Gasteiger partial charge in [-0.25, -0.2) is 9.98 Å². The van der Waals surface area contributed by atoms with E-state index < -0.39 is 14.2 Å². The van der Waals surface area contributed by atoms with E-state index in [0.29, 0.717) is 0 Å². The molecule has 0 aliphatic carbocycles. The quantitative estimate of drug-likeness (QED) is 0.116. The zero-order chi connectivity index (χ0) is 45.7. The van der Waals surface area contributed by atoms with Crippen LogP contribution in [0.1, 0.15) is 22.9 Å². The monoisotopic (exact) mass is 900 g/mol. The Morgan fingerprint density at radius 2 is 0.899 bits per heavy atom. The van der Waals surface area contributed by atoms with Crippen LogP contribution < -0.4 is 26.1 Å². The second-order valence-corrected chi connectivity index (χ2v) is 21.5. The van der Waals surface area contributed by atoms with Gasteiger partial charge in [0.05, 0.1) is 11.0 Å². The fourth-order valence-electron chi connectivity index (χ4n) is 10.8. The van der Waals surface area contributed by atoms with Crippen molar-refractivity contribution in [3.05, 3.63) is 271 Å². The van der Waals surface area contributed by atoms with Crippen LogP contribution in [0.2, 0.25) is 0 Å². The lowest BCUT2D eigenvalue weighted by molar-refractivity contribution is 0.670. The zero-order valence-electron chi connectivity index (χ0n) is 37.6. The van der Waals surface area contributed by atoms with Crippen LogP contribution in [0.25, 0.3) is 60.6 Å². The number of hydrogen-bond donors (Lipinski definition) is 1. The maximum absolute atomic E-state index is 6.64. The molecule has 1 atom stereocenters. The molecule has 326 valence electrons. The van der Waals surface area contributed by atoms with Gasteiger partial charge in [-0.15, -0.1) is 0 Å². The van der Waals surface area contributed by atoms with Crippen molar-refractivity contribution in [1.82, 2.24) is 9.88 Å². The predicted molar refractivity (Wildman–Crippen MR) is 289 cm³/mol. The first-order chi connectivity index (χ1) is 34.2. The van der Waals surface area contributed by atoms with E-state index >= 15 is 0 Å². The van der Waals surface area contributed by atoms with E-state index in [2.05, 4.69) is 253 Å². The Balaban J connectivity index is 1.01. The van der Waals surface area contributed by atoms with E-state index in [1.54, 1.807) is 0 Å². The summed E-state index contributed by atoms with van der Waals surface area (Å²) in [7, 11) is -2.86. The van der Waals surface area contributed by atoms with Crippen molar-refractivity contribution < 1.29 is 4.42 Å². The molecule has 1 aliphatic heterocycles. The van der Waals surface area contributed by atoms with Gasteiger partial charge >= 0.3 is 0 Å². The summed E-state index contributed by atoms with van der Waals surface area (Å²) >= 11 is 0. The molecule has 1 aliphatic rings. The van der Waals surface area contributed by atoms with E-state index in [-0.39, 0.29) is 0 Å². The lowest BCUT2D eigenvalue weighted by Gasteiger charge is -2.34. The van der Waals surface area contributed by atoms with Crippen molar-refractivity contribution in [2.24, 2.45) is 9.98 Å². The van der Waals surface area contributed by atoms with Crippen molar-refractivity contribution in [2.75, 3.05) is 0 Å². The number of nitrogens with zero attached hydrogens (tertiary/aromatic N) is 3. The third-order valence-electron chi connectivity index (χ3n) is 13.8. The molecule has 2 aromatic heterocycles. The molecule has 0 bridgehead atoms. The molecule has 0 saturated carbocycles. The first kappa shape index (κ1) is 40.4. The molecule has 0 fully saturated rings. The summed E-state index contributed by atoms with van der Waals surface area (Å²) in [5.41, 5.74) is 10.0. The summed E-state index contributed by atoms with van der Waals surface area (Å²) in [4.78, 5) is 11.1. The lowest BCUT2D eigenvalue weighted by Crippen LogP contribution is -2.74. The van der Waals surface area contributed by atoms with Crippen molar-refractivity contribution >= 4 is 84.2 Å². The highest BCUT2D eigenvalue weighted by Crippen LogP contribution is 2.38. The number of aromatic nitrogens is 1. The number of rotatable bonds is 9. The molecule has 0 amide bonds.